The Kier molecular flexibility index (Phi) is 5.22. The fraction of sp³-hybridized carbons (Fsp3) is 0.714. The first-order valence-electron chi connectivity index (χ1n) is 6.32. The lowest BCUT2D eigenvalue weighted by Gasteiger charge is -2.21. The van der Waals surface area contributed by atoms with E-state index in [1.54, 1.807) is 0 Å². The van der Waals surface area contributed by atoms with Gasteiger partial charge in [0.1, 0.15) is 11.5 Å². The van der Waals surface area contributed by atoms with Crippen LogP contribution in [0.5, 0.6) is 0 Å². The molecule has 1 aromatic heterocycles. The third-order valence-corrected chi connectivity index (χ3v) is 3.09. The molecular formula is C14H25NO2. The number of aryl methyl sites for hydroxylation is 2. The first kappa shape index (κ1) is 14.3. The fourth-order valence-electron chi connectivity index (χ4n) is 1.85. The normalized spacial score (nSPS) is 12.1. The predicted octanol–water partition coefficient (Wildman–Crippen LogP) is 2.78. The van der Waals surface area contributed by atoms with E-state index in [1.165, 1.54) is 5.56 Å². The molecule has 1 heterocycles. The summed E-state index contributed by atoms with van der Waals surface area (Å²) in [6, 6.07) is 2.08. The van der Waals surface area contributed by atoms with Gasteiger partial charge < -0.3 is 14.8 Å². The van der Waals surface area contributed by atoms with Crippen LogP contribution in [0.2, 0.25) is 0 Å². The number of hydrogen-bond acceptors (Lipinski definition) is 3. The summed E-state index contributed by atoms with van der Waals surface area (Å²) >= 11 is 0. The monoisotopic (exact) mass is 239 g/mol. The molecule has 0 radical (unpaired) electrons. The first-order chi connectivity index (χ1) is 7.94. The van der Waals surface area contributed by atoms with Gasteiger partial charge in [-0.05, 0) is 44.7 Å². The van der Waals surface area contributed by atoms with Gasteiger partial charge in [0.05, 0.1) is 0 Å². The standard InChI is InChI=1S/C14H25NO2/c1-11-8-13(12(2)17-11)9-15-7-5-6-14(3,4)10-16/h8,15-16H,5-7,9-10H2,1-4H3. The van der Waals surface area contributed by atoms with E-state index in [4.69, 9.17) is 9.52 Å². The third-order valence-electron chi connectivity index (χ3n) is 3.09. The summed E-state index contributed by atoms with van der Waals surface area (Å²) in [6.07, 6.45) is 2.13. The van der Waals surface area contributed by atoms with Crippen molar-refractivity contribution in [3.8, 4) is 0 Å². The number of furan rings is 1. The number of aliphatic hydroxyl groups excluding tert-OH is 1. The van der Waals surface area contributed by atoms with E-state index < -0.39 is 0 Å². The highest BCUT2D eigenvalue weighted by Gasteiger charge is 2.15. The summed E-state index contributed by atoms with van der Waals surface area (Å²) in [6.45, 7) is 10.3. The maximum Gasteiger partial charge on any atom is 0.105 e. The molecule has 0 saturated carbocycles. The molecule has 98 valence electrons. The summed E-state index contributed by atoms with van der Waals surface area (Å²) in [5.74, 6) is 1.98. The van der Waals surface area contributed by atoms with Crippen molar-refractivity contribution in [2.45, 2.75) is 47.1 Å². The van der Waals surface area contributed by atoms with E-state index in [0.717, 1.165) is 37.5 Å². The number of rotatable bonds is 7. The van der Waals surface area contributed by atoms with Gasteiger partial charge in [-0.1, -0.05) is 13.8 Å². The molecule has 0 bridgehead atoms. The largest absolute Gasteiger partial charge is 0.466 e. The lowest BCUT2D eigenvalue weighted by Crippen LogP contribution is -2.21. The summed E-state index contributed by atoms with van der Waals surface area (Å²) in [4.78, 5) is 0. The van der Waals surface area contributed by atoms with Gasteiger partial charge in [-0.3, -0.25) is 0 Å². The van der Waals surface area contributed by atoms with E-state index in [9.17, 15) is 0 Å². The predicted molar refractivity (Wildman–Crippen MR) is 70.0 cm³/mol. The van der Waals surface area contributed by atoms with E-state index in [0.29, 0.717) is 0 Å². The Hall–Kier alpha value is -0.800. The van der Waals surface area contributed by atoms with Crippen molar-refractivity contribution in [1.29, 1.82) is 0 Å². The molecule has 0 unspecified atom stereocenters. The van der Waals surface area contributed by atoms with Crippen molar-refractivity contribution in [3.05, 3.63) is 23.2 Å². The topological polar surface area (TPSA) is 45.4 Å². The third kappa shape index (κ3) is 4.92. The Labute approximate surface area is 104 Å². The van der Waals surface area contributed by atoms with E-state index in [2.05, 4.69) is 25.2 Å². The minimum Gasteiger partial charge on any atom is -0.466 e. The minimum absolute atomic E-state index is 0.0455. The van der Waals surface area contributed by atoms with Gasteiger partial charge >= 0.3 is 0 Å². The summed E-state index contributed by atoms with van der Waals surface area (Å²) in [7, 11) is 0. The summed E-state index contributed by atoms with van der Waals surface area (Å²) in [5.41, 5.74) is 1.29. The molecule has 0 aromatic carbocycles. The number of hydrogen-bond donors (Lipinski definition) is 2. The molecule has 0 atom stereocenters. The van der Waals surface area contributed by atoms with Gasteiger partial charge in [0.2, 0.25) is 0 Å². The highest BCUT2D eigenvalue weighted by atomic mass is 16.3. The van der Waals surface area contributed by atoms with Crippen LogP contribution >= 0.6 is 0 Å². The lowest BCUT2D eigenvalue weighted by molar-refractivity contribution is 0.148. The zero-order valence-electron chi connectivity index (χ0n) is 11.5. The second-order valence-corrected chi connectivity index (χ2v) is 5.54. The van der Waals surface area contributed by atoms with Gasteiger partial charge in [-0.15, -0.1) is 0 Å². The first-order valence-corrected chi connectivity index (χ1v) is 6.32. The molecule has 0 aliphatic carbocycles. The Bertz CT molecular complexity index is 342. The van der Waals surface area contributed by atoms with Crippen LogP contribution in [-0.4, -0.2) is 18.3 Å². The summed E-state index contributed by atoms with van der Waals surface area (Å²) in [5, 5.41) is 12.5. The SMILES string of the molecule is Cc1cc(CNCCCC(C)(C)CO)c(C)o1. The Morgan fingerprint density at radius 3 is 2.59 bits per heavy atom. The molecule has 0 aliphatic heterocycles. The maximum atomic E-state index is 9.13. The minimum atomic E-state index is 0.0455. The molecule has 0 amide bonds. The molecule has 3 nitrogen and oxygen atoms in total. The van der Waals surface area contributed by atoms with Gasteiger partial charge in [-0.2, -0.15) is 0 Å². The molecule has 2 N–H and O–H groups in total. The number of nitrogens with one attached hydrogen (secondary N) is 1. The van der Waals surface area contributed by atoms with E-state index in [-0.39, 0.29) is 12.0 Å². The Morgan fingerprint density at radius 1 is 1.35 bits per heavy atom. The molecule has 0 spiro atoms. The van der Waals surface area contributed by atoms with Crippen molar-refractivity contribution in [2.75, 3.05) is 13.2 Å². The van der Waals surface area contributed by atoms with Gasteiger partial charge in [0, 0.05) is 18.7 Å². The molecule has 0 aliphatic rings. The second kappa shape index (κ2) is 6.22. The Balaban J connectivity index is 2.19. The zero-order chi connectivity index (χ0) is 12.9. The van der Waals surface area contributed by atoms with Crippen LogP contribution in [0.25, 0.3) is 0 Å². The van der Waals surface area contributed by atoms with Gasteiger partial charge in [0.15, 0.2) is 0 Å². The Morgan fingerprint density at radius 2 is 2.06 bits per heavy atom. The lowest BCUT2D eigenvalue weighted by atomic mass is 9.89. The van der Waals surface area contributed by atoms with Crippen LogP contribution in [0.15, 0.2) is 10.5 Å². The molecule has 0 saturated heterocycles. The van der Waals surface area contributed by atoms with E-state index >= 15 is 0 Å². The maximum absolute atomic E-state index is 9.13. The van der Waals surface area contributed by atoms with Crippen molar-refractivity contribution >= 4 is 0 Å². The van der Waals surface area contributed by atoms with Crippen LogP contribution in [0.4, 0.5) is 0 Å². The number of aliphatic hydroxyl groups is 1. The zero-order valence-corrected chi connectivity index (χ0v) is 11.5. The smallest absolute Gasteiger partial charge is 0.105 e. The molecular weight excluding hydrogens is 214 g/mol. The average molecular weight is 239 g/mol. The summed E-state index contributed by atoms with van der Waals surface area (Å²) < 4.78 is 5.47. The molecule has 17 heavy (non-hydrogen) atoms. The molecule has 1 rings (SSSR count). The van der Waals surface area contributed by atoms with E-state index in [1.807, 2.05) is 13.8 Å². The highest BCUT2D eigenvalue weighted by molar-refractivity contribution is 5.19. The van der Waals surface area contributed by atoms with Crippen molar-refractivity contribution < 1.29 is 9.52 Å². The van der Waals surface area contributed by atoms with Crippen LogP contribution in [0.1, 0.15) is 43.8 Å². The van der Waals surface area contributed by atoms with Crippen LogP contribution in [-0.2, 0) is 6.54 Å². The van der Waals surface area contributed by atoms with Crippen LogP contribution in [0, 0.1) is 19.3 Å². The van der Waals surface area contributed by atoms with Gasteiger partial charge in [0.25, 0.3) is 0 Å². The van der Waals surface area contributed by atoms with Crippen LogP contribution in [0.3, 0.4) is 0 Å². The fourth-order valence-corrected chi connectivity index (χ4v) is 1.85. The average Bonchev–Trinajstić information content (AvgIpc) is 2.57. The quantitative estimate of drug-likeness (QED) is 0.719. The van der Waals surface area contributed by atoms with Crippen molar-refractivity contribution in [2.24, 2.45) is 5.41 Å². The van der Waals surface area contributed by atoms with Crippen molar-refractivity contribution in [3.63, 3.8) is 0 Å². The highest BCUT2D eigenvalue weighted by Crippen LogP contribution is 2.20. The molecule has 1 aromatic rings. The van der Waals surface area contributed by atoms with Crippen LogP contribution < -0.4 is 5.32 Å². The second-order valence-electron chi connectivity index (χ2n) is 5.54. The van der Waals surface area contributed by atoms with Gasteiger partial charge in [-0.25, -0.2) is 0 Å². The molecule has 0 fully saturated rings. The molecule has 3 heteroatoms. The van der Waals surface area contributed by atoms with Crippen molar-refractivity contribution in [1.82, 2.24) is 5.32 Å².